The number of aryl methyl sites for hydroxylation is 1. The Morgan fingerprint density at radius 3 is 2.94 bits per heavy atom. The van der Waals surface area contributed by atoms with Crippen LogP contribution in [-0.2, 0) is 11.8 Å². The highest BCUT2D eigenvalue weighted by atomic mass is 32.2. The van der Waals surface area contributed by atoms with Gasteiger partial charge in [0.25, 0.3) is 5.91 Å². The van der Waals surface area contributed by atoms with E-state index in [1.807, 2.05) is 23.7 Å². The van der Waals surface area contributed by atoms with Crippen molar-refractivity contribution in [1.29, 1.82) is 0 Å². The molecule has 6 heteroatoms. The number of ether oxygens (including phenoxy) is 1. The van der Waals surface area contributed by atoms with Crippen LogP contribution in [0, 0.1) is 0 Å². The Bertz CT molecular complexity index is 468. The van der Waals surface area contributed by atoms with Crippen LogP contribution in [0.15, 0.2) is 12.5 Å². The first kappa shape index (κ1) is 12.0. The molecule has 0 bridgehead atoms. The summed E-state index contributed by atoms with van der Waals surface area (Å²) in [6.45, 7) is 1.65. The van der Waals surface area contributed by atoms with Gasteiger partial charge in [0, 0.05) is 39.2 Å². The van der Waals surface area contributed by atoms with Crippen LogP contribution in [0.25, 0.3) is 0 Å². The lowest BCUT2D eigenvalue weighted by Crippen LogP contribution is -2.60. The fourth-order valence-electron chi connectivity index (χ4n) is 2.65. The third-order valence-corrected chi connectivity index (χ3v) is 5.25. The molecule has 2 aliphatic heterocycles. The number of aromatic nitrogens is 2. The van der Waals surface area contributed by atoms with Crippen LogP contribution in [0.1, 0.15) is 16.9 Å². The van der Waals surface area contributed by atoms with Gasteiger partial charge in [0.05, 0.1) is 17.2 Å². The minimum atomic E-state index is 0.0442. The normalized spacial score (nSPS) is 25.4. The van der Waals surface area contributed by atoms with E-state index >= 15 is 0 Å². The fourth-order valence-corrected chi connectivity index (χ4v) is 4.24. The number of rotatable bonds is 2. The Labute approximate surface area is 111 Å². The summed E-state index contributed by atoms with van der Waals surface area (Å²) in [6.07, 6.45) is 4.84. The monoisotopic (exact) mass is 267 g/mol. The van der Waals surface area contributed by atoms with Gasteiger partial charge in [-0.15, -0.1) is 11.8 Å². The number of hydrogen-bond donors (Lipinski definition) is 0. The van der Waals surface area contributed by atoms with E-state index in [1.54, 1.807) is 24.2 Å². The summed E-state index contributed by atoms with van der Waals surface area (Å²) in [5, 5.41) is 0. The molecule has 5 nitrogen and oxygen atoms in total. The van der Waals surface area contributed by atoms with E-state index in [4.69, 9.17) is 4.74 Å². The predicted molar refractivity (Wildman–Crippen MR) is 69.7 cm³/mol. The summed E-state index contributed by atoms with van der Waals surface area (Å²) in [5.41, 5.74) is 0.540. The van der Waals surface area contributed by atoms with Gasteiger partial charge in [-0.05, 0) is 6.42 Å². The Morgan fingerprint density at radius 1 is 1.61 bits per heavy atom. The first-order valence-corrected chi connectivity index (χ1v) is 7.04. The number of likely N-dealkylation sites (tertiary alicyclic amines) is 1. The fraction of sp³-hybridized carbons (Fsp3) is 0.667. The van der Waals surface area contributed by atoms with Crippen molar-refractivity contribution in [3.8, 4) is 0 Å². The number of imidazole rings is 1. The summed E-state index contributed by atoms with van der Waals surface area (Å²) in [6, 6.07) is 0. The molecule has 2 fully saturated rings. The summed E-state index contributed by atoms with van der Waals surface area (Å²) in [4.78, 5) is 18.1. The van der Waals surface area contributed by atoms with Crippen LogP contribution < -0.4 is 0 Å². The number of methoxy groups -OCH3 is 1. The Morgan fingerprint density at radius 2 is 2.39 bits per heavy atom. The van der Waals surface area contributed by atoms with Crippen molar-refractivity contribution in [2.45, 2.75) is 17.3 Å². The van der Waals surface area contributed by atoms with Crippen molar-refractivity contribution in [3.63, 3.8) is 0 Å². The molecule has 0 aromatic carbocycles. The number of carbonyl (C=O) groups excluding carboxylic acids is 1. The maximum atomic E-state index is 12.1. The van der Waals surface area contributed by atoms with Crippen molar-refractivity contribution < 1.29 is 9.53 Å². The van der Waals surface area contributed by atoms with Crippen molar-refractivity contribution in [2.24, 2.45) is 7.05 Å². The Hall–Kier alpha value is -1.01. The van der Waals surface area contributed by atoms with Gasteiger partial charge in [-0.3, -0.25) is 4.79 Å². The Kier molecular flexibility index (Phi) is 2.86. The number of nitrogens with zero attached hydrogens (tertiary/aromatic N) is 3. The lowest BCUT2D eigenvalue weighted by Gasteiger charge is -2.47. The van der Waals surface area contributed by atoms with E-state index in [1.165, 1.54) is 0 Å². The van der Waals surface area contributed by atoms with E-state index in [0.717, 1.165) is 25.3 Å². The quantitative estimate of drug-likeness (QED) is 0.794. The van der Waals surface area contributed by atoms with Crippen molar-refractivity contribution in [2.75, 3.05) is 26.0 Å². The zero-order valence-electron chi connectivity index (χ0n) is 10.6. The topological polar surface area (TPSA) is 47.4 Å². The molecule has 3 heterocycles. The van der Waals surface area contributed by atoms with Crippen LogP contribution in [0.4, 0.5) is 0 Å². The first-order chi connectivity index (χ1) is 8.62. The lowest BCUT2D eigenvalue weighted by molar-refractivity contribution is 0.0447. The van der Waals surface area contributed by atoms with Crippen LogP contribution in [0.3, 0.4) is 0 Å². The van der Waals surface area contributed by atoms with Crippen LogP contribution in [-0.4, -0.2) is 57.2 Å². The molecule has 0 saturated carbocycles. The summed E-state index contributed by atoms with van der Waals surface area (Å²) in [7, 11) is 3.64. The van der Waals surface area contributed by atoms with E-state index < -0.39 is 0 Å². The van der Waals surface area contributed by atoms with Gasteiger partial charge in [0.2, 0.25) is 0 Å². The second-order valence-electron chi connectivity index (χ2n) is 5.14. The van der Waals surface area contributed by atoms with Gasteiger partial charge in [-0.25, -0.2) is 4.98 Å². The third kappa shape index (κ3) is 1.93. The van der Waals surface area contributed by atoms with Crippen LogP contribution in [0.2, 0.25) is 0 Å². The van der Waals surface area contributed by atoms with Gasteiger partial charge in [0.15, 0.2) is 0 Å². The smallest absolute Gasteiger partial charge is 0.274 e. The van der Waals surface area contributed by atoms with Crippen molar-refractivity contribution >= 4 is 17.7 Å². The van der Waals surface area contributed by atoms with E-state index in [9.17, 15) is 4.79 Å². The van der Waals surface area contributed by atoms with Gasteiger partial charge in [-0.2, -0.15) is 0 Å². The summed E-state index contributed by atoms with van der Waals surface area (Å²) in [5.74, 6) is 1.09. The Balaban J connectivity index is 1.61. The molecule has 0 unspecified atom stereocenters. The highest BCUT2D eigenvalue weighted by molar-refractivity contribution is 8.01. The molecule has 0 N–H and O–H groups in total. The zero-order chi connectivity index (χ0) is 12.8. The highest BCUT2D eigenvalue weighted by Crippen LogP contribution is 2.46. The molecule has 1 amide bonds. The van der Waals surface area contributed by atoms with Gasteiger partial charge >= 0.3 is 0 Å². The minimum Gasteiger partial charge on any atom is -0.381 e. The molecule has 0 radical (unpaired) electrons. The van der Waals surface area contributed by atoms with Gasteiger partial charge < -0.3 is 14.2 Å². The predicted octanol–water partition coefficient (Wildman–Crippen LogP) is 0.767. The lowest BCUT2D eigenvalue weighted by atomic mass is 9.92. The summed E-state index contributed by atoms with van der Waals surface area (Å²) < 4.78 is 7.43. The summed E-state index contributed by atoms with van der Waals surface area (Å²) >= 11 is 1.94. The first-order valence-electron chi connectivity index (χ1n) is 6.06. The van der Waals surface area contributed by atoms with Crippen molar-refractivity contribution in [3.05, 3.63) is 18.2 Å². The molecule has 3 rings (SSSR count). The molecule has 1 spiro atoms. The number of amides is 1. The number of carbonyl (C=O) groups is 1. The second kappa shape index (κ2) is 4.28. The zero-order valence-corrected chi connectivity index (χ0v) is 11.4. The van der Waals surface area contributed by atoms with Crippen molar-refractivity contribution in [1.82, 2.24) is 14.5 Å². The SMILES string of the molecule is CO[C@@H]1CSC2(C1)CN(C(=O)c1cn(C)cn1)C2. The van der Waals surface area contributed by atoms with E-state index in [2.05, 4.69) is 4.98 Å². The molecule has 1 aromatic rings. The van der Waals surface area contributed by atoms with Crippen LogP contribution >= 0.6 is 11.8 Å². The molecule has 0 aliphatic carbocycles. The van der Waals surface area contributed by atoms with Crippen LogP contribution in [0.5, 0.6) is 0 Å². The average Bonchev–Trinajstić information content (AvgIpc) is 2.92. The highest BCUT2D eigenvalue weighted by Gasteiger charge is 2.51. The second-order valence-corrected chi connectivity index (χ2v) is 6.63. The molecule has 2 aliphatic rings. The number of hydrogen-bond acceptors (Lipinski definition) is 4. The maximum absolute atomic E-state index is 12.1. The number of thioether (sulfide) groups is 1. The average molecular weight is 267 g/mol. The standard InChI is InChI=1S/C12H17N3O2S/c1-14-4-10(13-8-14)11(16)15-6-12(7-15)3-9(17-2)5-18-12/h4,8-9H,3,5-7H2,1-2H3/t9-/m0/s1. The largest absolute Gasteiger partial charge is 0.381 e. The molecule has 1 aromatic heterocycles. The minimum absolute atomic E-state index is 0.0442. The maximum Gasteiger partial charge on any atom is 0.274 e. The van der Waals surface area contributed by atoms with E-state index in [0.29, 0.717) is 11.8 Å². The molecule has 1 atom stereocenters. The van der Waals surface area contributed by atoms with E-state index in [-0.39, 0.29) is 10.7 Å². The van der Waals surface area contributed by atoms with Gasteiger partial charge in [0.1, 0.15) is 5.69 Å². The molecule has 98 valence electrons. The van der Waals surface area contributed by atoms with Gasteiger partial charge in [-0.1, -0.05) is 0 Å². The molecular formula is C12H17N3O2S. The molecular weight excluding hydrogens is 250 g/mol. The third-order valence-electron chi connectivity index (χ3n) is 3.68. The molecule has 2 saturated heterocycles. The molecule has 18 heavy (non-hydrogen) atoms.